The summed E-state index contributed by atoms with van der Waals surface area (Å²) in [5.74, 6) is 0.830. The summed E-state index contributed by atoms with van der Waals surface area (Å²) < 4.78 is 0. The molecule has 1 aliphatic carbocycles. The van der Waals surface area contributed by atoms with E-state index in [0.29, 0.717) is 5.41 Å². The van der Waals surface area contributed by atoms with E-state index in [1.54, 1.807) is 0 Å². The summed E-state index contributed by atoms with van der Waals surface area (Å²) in [5, 5.41) is 0. The first-order chi connectivity index (χ1) is 5.74. The molecule has 0 aromatic rings. The largest absolute Gasteiger partial charge is 0.330 e. The average Bonchev–Trinajstić information content (AvgIpc) is 2.61. The van der Waals surface area contributed by atoms with E-state index >= 15 is 0 Å². The van der Waals surface area contributed by atoms with Gasteiger partial charge in [-0.2, -0.15) is 0 Å². The molecule has 2 nitrogen and oxygen atoms in total. The molecule has 0 amide bonds. The first-order valence-corrected chi connectivity index (χ1v) is 5.13. The fourth-order valence-corrected chi connectivity index (χ4v) is 3.06. The van der Waals surface area contributed by atoms with Crippen molar-refractivity contribution >= 4 is 0 Å². The topological polar surface area (TPSA) is 29.3 Å². The van der Waals surface area contributed by atoms with E-state index in [1.165, 1.54) is 38.8 Å². The second kappa shape index (κ2) is 3.00. The van der Waals surface area contributed by atoms with Crippen LogP contribution in [-0.2, 0) is 0 Å². The molecule has 0 unspecified atom stereocenters. The Bertz CT molecular complexity index is 169. The van der Waals surface area contributed by atoms with Gasteiger partial charge in [0.1, 0.15) is 0 Å². The normalized spacial score (nSPS) is 43.0. The summed E-state index contributed by atoms with van der Waals surface area (Å²) in [5.41, 5.74) is 6.39. The molecule has 0 bridgehead atoms. The molecular weight excluding hydrogens is 148 g/mol. The van der Waals surface area contributed by atoms with Crippen LogP contribution in [0.25, 0.3) is 0 Å². The van der Waals surface area contributed by atoms with Crippen molar-refractivity contribution in [2.24, 2.45) is 17.1 Å². The first kappa shape index (κ1) is 8.52. The van der Waals surface area contributed by atoms with Gasteiger partial charge < -0.3 is 10.6 Å². The van der Waals surface area contributed by atoms with Crippen molar-refractivity contribution in [2.45, 2.75) is 25.7 Å². The van der Waals surface area contributed by atoms with Crippen LogP contribution in [0.15, 0.2) is 0 Å². The smallest absolute Gasteiger partial charge is 0.00355 e. The van der Waals surface area contributed by atoms with Gasteiger partial charge in [-0.25, -0.2) is 0 Å². The van der Waals surface area contributed by atoms with Crippen LogP contribution in [0.1, 0.15) is 25.7 Å². The van der Waals surface area contributed by atoms with E-state index in [-0.39, 0.29) is 0 Å². The third-order valence-corrected chi connectivity index (χ3v) is 3.77. The molecule has 2 rings (SSSR count). The maximum Gasteiger partial charge on any atom is 0.00355 e. The van der Waals surface area contributed by atoms with E-state index in [0.717, 1.165) is 12.5 Å². The number of rotatable bonds is 1. The number of hydrogen-bond acceptors (Lipinski definition) is 2. The van der Waals surface area contributed by atoms with E-state index in [1.807, 2.05) is 0 Å². The summed E-state index contributed by atoms with van der Waals surface area (Å²) in [6, 6.07) is 0. The van der Waals surface area contributed by atoms with Crippen LogP contribution in [0.2, 0.25) is 0 Å². The Morgan fingerprint density at radius 3 is 2.83 bits per heavy atom. The lowest BCUT2D eigenvalue weighted by atomic mass is 9.84. The molecule has 1 spiro atoms. The summed E-state index contributed by atoms with van der Waals surface area (Å²) in [6.45, 7) is 3.53. The van der Waals surface area contributed by atoms with Gasteiger partial charge in [0, 0.05) is 6.54 Å². The van der Waals surface area contributed by atoms with Gasteiger partial charge in [0.25, 0.3) is 0 Å². The van der Waals surface area contributed by atoms with E-state index in [2.05, 4.69) is 11.9 Å². The maximum absolute atomic E-state index is 5.71. The molecule has 70 valence electrons. The van der Waals surface area contributed by atoms with Gasteiger partial charge in [0.05, 0.1) is 0 Å². The van der Waals surface area contributed by atoms with Gasteiger partial charge in [-0.1, -0.05) is 0 Å². The quantitative estimate of drug-likeness (QED) is 0.634. The van der Waals surface area contributed by atoms with Gasteiger partial charge in [0.15, 0.2) is 0 Å². The predicted molar refractivity (Wildman–Crippen MR) is 50.9 cm³/mol. The zero-order valence-electron chi connectivity index (χ0n) is 8.05. The molecule has 1 saturated heterocycles. The summed E-state index contributed by atoms with van der Waals surface area (Å²) in [6.07, 6.45) is 5.62. The van der Waals surface area contributed by atoms with Crippen molar-refractivity contribution in [3.05, 3.63) is 0 Å². The Kier molecular flexibility index (Phi) is 2.13. The number of nitrogens with zero attached hydrogens (tertiary/aromatic N) is 1. The van der Waals surface area contributed by atoms with Gasteiger partial charge in [0.2, 0.25) is 0 Å². The van der Waals surface area contributed by atoms with Gasteiger partial charge in [-0.15, -0.1) is 0 Å². The number of nitrogens with two attached hydrogens (primary N) is 1. The third kappa shape index (κ3) is 1.38. The van der Waals surface area contributed by atoms with Crippen LogP contribution in [-0.4, -0.2) is 31.6 Å². The summed E-state index contributed by atoms with van der Waals surface area (Å²) >= 11 is 0. The third-order valence-electron chi connectivity index (χ3n) is 3.77. The predicted octanol–water partition coefficient (Wildman–Crippen LogP) is 1.07. The molecule has 2 N–H and O–H groups in total. The zero-order valence-corrected chi connectivity index (χ0v) is 8.05. The molecule has 1 heterocycles. The Morgan fingerprint density at radius 2 is 2.33 bits per heavy atom. The summed E-state index contributed by atoms with van der Waals surface area (Å²) in [7, 11) is 2.24. The molecule has 12 heavy (non-hydrogen) atoms. The molecule has 2 heteroatoms. The second-order valence-electron chi connectivity index (χ2n) is 4.83. The van der Waals surface area contributed by atoms with Gasteiger partial charge in [-0.3, -0.25) is 0 Å². The molecule has 0 aromatic carbocycles. The van der Waals surface area contributed by atoms with Gasteiger partial charge in [-0.05, 0) is 57.2 Å². The lowest BCUT2D eigenvalue weighted by molar-refractivity contribution is 0.279. The van der Waals surface area contributed by atoms with E-state index < -0.39 is 0 Å². The van der Waals surface area contributed by atoms with Crippen LogP contribution in [0.5, 0.6) is 0 Å². The highest BCUT2D eigenvalue weighted by Gasteiger charge is 2.42. The molecule has 1 saturated carbocycles. The minimum atomic E-state index is 0.679. The Balaban J connectivity index is 1.97. The molecule has 2 atom stereocenters. The molecular formula is C10H20N2. The van der Waals surface area contributed by atoms with E-state index in [4.69, 9.17) is 5.73 Å². The zero-order chi connectivity index (χ0) is 8.60. The van der Waals surface area contributed by atoms with Crippen molar-refractivity contribution in [1.29, 1.82) is 0 Å². The Morgan fingerprint density at radius 1 is 1.50 bits per heavy atom. The van der Waals surface area contributed by atoms with Crippen LogP contribution in [0.4, 0.5) is 0 Å². The molecule has 0 radical (unpaired) electrons. The van der Waals surface area contributed by atoms with Crippen molar-refractivity contribution in [3.8, 4) is 0 Å². The fraction of sp³-hybridized carbons (Fsp3) is 1.00. The summed E-state index contributed by atoms with van der Waals surface area (Å²) in [4.78, 5) is 2.47. The molecule has 2 fully saturated rings. The highest BCUT2D eigenvalue weighted by molar-refractivity contribution is 4.95. The van der Waals surface area contributed by atoms with Crippen LogP contribution in [0.3, 0.4) is 0 Å². The van der Waals surface area contributed by atoms with Crippen LogP contribution >= 0.6 is 0 Å². The number of hydrogen-bond donors (Lipinski definition) is 1. The SMILES string of the molecule is CN1CC[C@@]2(CC[C@@H](CN)C2)C1. The molecule has 1 aliphatic heterocycles. The lowest BCUT2D eigenvalue weighted by Gasteiger charge is -2.22. The highest BCUT2D eigenvalue weighted by atomic mass is 15.1. The molecule has 2 aliphatic rings. The van der Waals surface area contributed by atoms with Crippen molar-refractivity contribution < 1.29 is 0 Å². The second-order valence-corrected chi connectivity index (χ2v) is 4.83. The Labute approximate surface area is 75.1 Å². The first-order valence-electron chi connectivity index (χ1n) is 5.13. The number of likely N-dealkylation sites (tertiary alicyclic amines) is 1. The van der Waals surface area contributed by atoms with Gasteiger partial charge >= 0.3 is 0 Å². The van der Waals surface area contributed by atoms with Crippen LogP contribution in [0, 0.1) is 11.3 Å². The standard InChI is InChI=1S/C10H20N2/c1-12-5-4-10(8-12)3-2-9(6-10)7-11/h9H,2-8,11H2,1H3/t9-,10-/m1/s1. The minimum Gasteiger partial charge on any atom is -0.330 e. The van der Waals surface area contributed by atoms with Crippen molar-refractivity contribution in [3.63, 3.8) is 0 Å². The minimum absolute atomic E-state index is 0.679. The lowest BCUT2D eigenvalue weighted by Crippen LogP contribution is -2.23. The maximum atomic E-state index is 5.71. The average molecular weight is 168 g/mol. The van der Waals surface area contributed by atoms with Crippen molar-refractivity contribution in [2.75, 3.05) is 26.7 Å². The molecule has 0 aromatic heterocycles. The van der Waals surface area contributed by atoms with Crippen molar-refractivity contribution in [1.82, 2.24) is 4.90 Å². The fourth-order valence-electron chi connectivity index (χ4n) is 3.06. The van der Waals surface area contributed by atoms with E-state index in [9.17, 15) is 0 Å². The Hall–Kier alpha value is -0.0800. The monoisotopic (exact) mass is 168 g/mol. The van der Waals surface area contributed by atoms with Crippen LogP contribution < -0.4 is 5.73 Å². The highest BCUT2D eigenvalue weighted by Crippen LogP contribution is 2.47.